The fourth-order valence-corrected chi connectivity index (χ4v) is 3.46. The van der Waals surface area contributed by atoms with E-state index in [1.165, 1.54) is 0 Å². The van der Waals surface area contributed by atoms with E-state index in [1.807, 2.05) is 21.9 Å². The zero-order valence-electron chi connectivity index (χ0n) is 14.6. The van der Waals surface area contributed by atoms with Crippen LogP contribution < -0.4 is 0 Å². The number of rotatable bonds is 5. The van der Waals surface area contributed by atoms with Gasteiger partial charge in [0.15, 0.2) is 0 Å². The van der Waals surface area contributed by atoms with Gasteiger partial charge in [-0.25, -0.2) is 0 Å². The quantitative estimate of drug-likeness (QED) is 0.789. The van der Waals surface area contributed by atoms with Crippen molar-refractivity contribution >= 4 is 11.8 Å². The molecule has 0 N–H and O–H groups in total. The first-order chi connectivity index (χ1) is 12.1. The summed E-state index contributed by atoms with van der Waals surface area (Å²) in [7, 11) is 1.60. The number of methoxy groups -OCH3 is 1. The van der Waals surface area contributed by atoms with Gasteiger partial charge in [-0.2, -0.15) is 0 Å². The molecule has 1 aromatic heterocycles. The van der Waals surface area contributed by atoms with Crippen molar-refractivity contribution < 1.29 is 19.1 Å². The van der Waals surface area contributed by atoms with E-state index in [2.05, 4.69) is 4.98 Å². The van der Waals surface area contributed by atoms with Gasteiger partial charge in [-0.1, -0.05) is 6.07 Å². The largest absolute Gasteiger partial charge is 0.384 e. The lowest BCUT2D eigenvalue weighted by molar-refractivity contribution is -0.174. The minimum absolute atomic E-state index is 0.00748. The highest BCUT2D eigenvalue weighted by Gasteiger charge is 2.42. The van der Waals surface area contributed by atoms with Crippen LogP contribution in [0.15, 0.2) is 24.5 Å². The van der Waals surface area contributed by atoms with Crippen molar-refractivity contribution in [2.45, 2.75) is 31.4 Å². The number of morpholine rings is 1. The first kappa shape index (κ1) is 17.8. The third-order valence-corrected chi connectivity index (χ3v) is 4.98. The Balaban J connectivity index is 1.58. The first-order valence-corrected chi connectivity index (χ1v) is 8.69. The number of hydrogen-bond acceptors (Lipinski definition) is 5. The van der Waals surface area contributed by atoms with E-state index in [-0.39, 0.29) is 24.0 Å². The molecule has 1 aromatic rings. The fraction of sp³-hybridized carbons (Fsp3) is 0.611. The lowest BCUT2D eigenvalue weighted by atomic mass is 9.89. The van der Waals surface area contributed by atoms with Crippen LogP contribution in [0.4, 0.5) is 0 Å². The highest BCUT2D eigenvalue weighted by molar-refractivity contribution is 5.78. The molecule has 0 bridgehead atoms. The Morgan fingerprint density at radius 3 is 2.88 bits per heavy atom. The number of carbonyl (C=O) groups excluding carboxylic acids is 2. The summed E-state index contributed by atoms with van der Waals surface area (Å²) in [6.45, 7) is 3.01. The van der Waals surface area contributed by atoms with E-state index in [0.29, 0.717) is 39.2 Å². The SMILES string of the molecule is COCCC(=O)N1CCC2(CC1)CN(Cc1cccnc1)C(=O)CO2. The lowest BCUT2D eigenvalue weighted by Crippen LogP contribution is -2.59. The number of likely N-dealkylation sites (tertiary alicyclic amines) is 1. The van der Waals surface area contributed by atoms with Crippen molar-refractivity contribution in [2.75, 3.05) is 40.0 Å². The van der Waals surface area contributed by atoms with E-state index in [4.69, 9.17) is 9.47 Å². The molecule has 136 valence electrons. The topological polar surface area (TPSA) is 72.0 Å². The van der Waals surface area contributed by atoms with Crippen molar-refractivity contribution in [3.05, 3.63) is 30.1 Å². The number of hydrogen-bond donors (Lipinski definition) is 0. The summed E-state index contributed by atoms with van der Waals surface area (Å²) in [6.07, 6.45) is 5.43. The van der Waals surface area contributed by atoms with Crippen LogP contribution in [0.25, 0.3) is 0 Å². The van der Waals surface area contributed by atoms with Crippen molar-refractivity contribution in [1.82, 2.24) is 14.8 Å². The van der Waals surface area contributed by atoms with Crippen molar-refractivity contribution in [1.29, 1.82) is 0 Å². The van der Waals surface area contributed by atoms with Crippen LogP contribution in [0, 0.1) is 0 Å². The molecule has 0 atom stereocenters. The summed E-state index contributed by atoms with van der Waals surface area (Å²) < 4.78 is 10.9. The minimum Gasteiger partial charge on any atom is -0.384 e. The molecule has 2 fully saturated rings. The Hall–Kier alpha value is -1.99. The number of carbonyl (C=O) groups is 2. The average Bonchev–Trinajstić information content (AvgIpc) is 2.64. The highest BCUT2D eigenvalue weighted by Crippen LogP contribution is 2.31. The van der Waals surface area contributed by atoms with E-state index in [9.17, 15) is 9.59 Å². The van der Waals surface area contributed by atoms with Crippen LogP contribution >= 0.6 is 0 Å². The van der Waals surface area contributed by atoms with Gasteiger partial charge in [-0.15, -0.1) is 0 Å². The second kappa shape index (κ2) is 7.93. The summed E-state index contributed by atoms with van der Waals surface area (Å²) >= 11 is 0. The number of aromatic nitrogens is 1. The van der Waals surface area contributed by atoms with Gasteiger partial charge in [0.2, 0.25) is 11.8 Å². The highest BCUT2D eigenvalue weighted by atomic mass is 16.5. The third-order valence-electron chi connectivity index (χ3n) is 4.98. The Morgan fingerprint density at radius 2 is 2.20 bits per heavy atom. The van der Waals surface area contributed by atoms with E-state index >= 15 is 0 Å². The predicted octanol–water partition coefficient (Wildman–Crippen LogP) is 0.838. The fourth-order valence-electron chi connectivity index (χ4n) is 3.46. The summed E-state index contributed by atoms with van der Waals surface area (Å²) in [6, 6.07) is 3.85. The number of ether oxygens (including phenoxy) is 2. The molecule has 1 spiro atoms. The predicted molar refractivity (Wildman–Crippen MR) is 90.6 cm³/mol. The van der Waals surface area contributed by atoms with Gasteiger partial charge in [0.1, 0.15) is 6.61 Å². The molecule has 25 heavy (non-hydrogen) atoms. The first-order valence-electron chi connectivity index (χ1n) is 8.69. The van der Waals surface area contributed by atoms with Crippen LogP contribution in [0.2, 0.25) is 0 Å². The molecule has 0 saturated carbocycles. The molecule has 2 aliphatic heterocycles. The maximum absolute atomic E-state index is 12.2. The number of pyridine rings is 1. The Bertz CT molecular complexity index is 600. The van der Waals surface area contributed by atoms with E-state index < -0.39 is 0 Å². The van der Waals surface area contributed by atoms with Crippen LogP contribution in [0.3, 0.4) is 0 Å². The number of amides is 2. The van der Waals surface area contributed by atoms with E-state index in [0.717, 1.165) is 18.4 Å². The molecular formula is C18H25N3O4. The Labute approximate surface area is 147 Å². The lowest BCUT2D eigenvalue weighted by Gasteiger charge is -2.47. The number of piperidine rings is 1. The van der Waals surface area contributed by atoms with Gasteiger partial charge < -0.3 is 19.3 Å². The minimum atomic E-state index is -0.339. The standard InChI is InChI=1S/C18H25N3O4/c1-24-10-4-16(22)20-8-5-18(6-9-20)14-21(17(23)13-25-18)12-15-3-2-7-19-11-15/h2-3,7,11H,4-6,8-10,12-14H2,1H3. The van der Waals surface area contributed by atoms with Crippen LogP contribution in [0.1, 0.15) is 24.8 Å². The molecule has 0 unspecified atom stereocenters. The molecule has 7 nitrogen and oxygen atoms in total. The smallest absolute Gasteiger partial charge is 0.248 e. The van der Waals surface area contributed by atoms with E-state index in [1.54, 1.807) is 19.5 Å². The summed E-state index contributed by atoms with van der Waals surface area (Å²) in [5.74, 6) is 0.129. The molecule has 0 aromatic carbocycles. The Kier molecular flexibility index (Phi) is 5.65. The van der Waals surface area contributed by atoms with Crippen molar-refractivity contribution in [2.24, 2.45) is 0 Å². The van der Waals surface area contributed by atoms with Gasteiger partial charge in [0, 0.05) is 39.1 Å². The van der Waals surface area contributed by atoms with Gasteiger partial charge in [-0.05, 0) is 24.5 Å². The monoisotopic (exact) mass is 347 g/mol. The molecule has 3 heterocycles. The van der Waals surface area contributed by atoms with Crippen LogP contribution in [-0.2, 0) is 25.6 Å². The molecule has 2 aliphatic rings. The maximum atomic E-state index is 12.2. The molecule has 7 heteroatoms. The van der Waals surface area contributed by atoms with Gasteiger partial charge in [0.25, 0.3) is 0 Å². The zero-order chi connectivity index (χ0) is 17.7. The third kappa shape index (κ3) is 4.35. The second-order valence-corrected chi connectivity index (χ2v) is 6.71. The van der Waals surface area contributed by atoms with Gasteiger partial charge in [-0.3, -0.25) is 14.6 Å². The maximum Gasteiger partial charge on any atom is 0.248 e. The van der Waals surface area contributed by atoms with Crippen molar-refractivity contribution in [3.8, 4) is 0 Å². The molecular weight excluding hydrogens is 322 g/mol. The van der Waals surface area contributed by atoms with Crippen LogP contribution in [-0.4, -0.2) is 72.2 Å². The summed E-state index contributed by atoms with van der Waals surface area (Å²) in [5, 5.41) is 0. The summed E-state index contributed by atoms with van der Waals surface area (Å²) in [5.41, 5.74) is 0.675. The molecule has 2 amide bonds. The normalized spacial score (nSPS) is 20.1. The van der Waals surface area contributed by atoms with Gasteiger partial charge >= 0.3 is 0 Å². The molecule has 0 radical (unpaired) electrons. The Morgan fingerprint density at radius 1 is 1.40 bits per heavy atom. The number of nitrogens with zero attached hydrogens (tertiary/aromatic N) is 3. The molecule has 2 saturated heterocycles. The zero-order valence-corrected chi connectivity index (χ0v) is 14.6. The summed E-state index contributed by atoms with van der Waals surface area (Å²) in [4.78, 5) is 32.2. The molecule has 3 rings (SSSR count). The second-order valence-electron chi connectivity index (χ2n) is 6.71. The molecule has 0 aliphatic carbocycles. The van der Waals surface area contributed by atoms with Gasteiger partial charge in [0.05, 0.1) is 25.2 Å². The average molecular weight is 347 g/mol. The van der Waals surface area contributed by atoms with Crippen LogP contribution in [0.5, 0.6) is 0 Å². The van der Waals surface area contributed by atoms with Crippen molar-refractivity contribution in [3.63, 3.8) is 0 Å².